The summed E-state index contributed by atoms with van der Waals surface area (Å²) in [5.74, 6) is 0.283. The van der Waals surface area contributed by atoms with Gasteiger partial charge in [0.1, 0.15) is 5.82 Å². The number of nitrogens with one attached hydrogen (secondary N) is 1. The van der Waals surface area contributed by atoms with Crippen LogP contribution in [-0.4, -0.2) is 11.2 Å². The first-order valence-electron chi connectivity index (χ1n) is 4.44. The summed E-state index contributed by atoms with van der Waals surface area (Å²) in [4.78, 5) is 0. The van der Waals surface area contributed by atoms with E-state index in [0.717, 1.165) is 18.4 Å². The smallest absolute Gasteiger partial charge is 0.123 e. The Hall–Kier alpha value is -0.930. The van der Waals surface area contributed by atoms with Gasteiger partial charge in [0.2, 0.25) is 0 Å². The third kappa shape index (κ3) is 1.71. The highest BCUT2D eigenvalue weighted by Crippen LogP contribution is 2.36. The zero-order valence-corrected chi connectivity index (χ0v) is 7.20. The first kappa shape index (κ1) is 8.66. The summed E-state index contributed by atoms with van der Waals surface area (Å²) in [6.07, 6.45) is 1.87. The second-order valence-corrected chi connectivity index (χ2v) is 3.55. The van der Waals surface area contributed by atoms with E-state index in [-0.39, 0.29) is 11.9 Å². The average Bonchev–Trinajstić information content (AvgIpc) is 2.06. The molecule has 3 heteroatoms. The third-order valence-electron chi connectivity index (χ3n) is 2.66. The van der Waals surface area contributed by atoms with Crippen molar-refractivity contribution in [2.75, 3.05) is 0 Å². The standard InChI is InChI=1S/C10H12FNO/c11-9-3-1-7(2-4-9)8-5-10(6-8)12-13/h1-4,8,10,12-13H,5-6H2/t8-,10+. The van der Waals surface area contributed by atoms with E-state index in [9.17, 15) is 4.39 Å². The zero-order chi connectivity index (χ0) is 9.26. The summed E-state index contributed by atoms with van der Waals surface area (Å²) in [7, 11) is 0. The minimum atomic E-state index is -0.195. The summed E-state index contributed by atoms with van der Waals surface area (Å²) in [5, 5.41) is 8.58. The highest BCUT2D eigenvalue weighted by atomic mass is 19.1. The van der Waals surface area contributed by atoms with E-state index in [1.54, 1.807) is 0 Å². The van der Waals surface area contributed by atoms with Gasteiger partial charge in [-0.25, -0.2) is 9.87 Å². The summed E-state index contributed by atoms with van der Waals surface area (Å²) in [6, 6.07) is 6.81. The van der Waals surface area contributed by atoms with Gasteiger partial charge in [0.05, 0.1) is 0 Å². The Morgan fingerprint density at radius 3 is 2.38 bits per heavy atom. The molecule has 0 atom stereocenters. The van der Waals surface area contributed by atoms with Crippen molar-refractivity contribution in [3.8, 4) is 0 Å². The van der Waals surface area contributed by atoms with Gasteiger partial charge in [-0.15, -0.1) is 0 Å². The van der Waals surface area contributed by atoms with E-state index in [1.807, 2.05) is 12.1 Å². The van der Waals surface area contributed by atoms with Crippen molar-refractivity contribution in [1.82, 2.24) is 5.48 Å². The molecule has 0 aliphatic heterocycles. The predicted octanol–water partition coefficient (Wildman–Crippen LogP) is 2.05. The maximum Gasteiger partial charge on any atom is 0.123 e. The molecule has 0 heterocycles. The van der Waals surface area contributed by atoms with E-state index in [0.29, 0.717) is 5.92 Å². The molecule has 0 spiro atoms. The Balaban J connectivity index is 1.99. The lowest BCUT2D eigenvalue weighted by atomic mass is 9.76. The van der Waals surface area contributed by atoms with E-state index in [1.165, 1.54) is 12.1 Å². The van der Waals surface area contributed by atoms with Crippen LogP contribution >= 0.6 is 0 Å². The molecule has 1 fully saturated rings. The van der Waals surface area contributed by atoms with E-state index >= 15 is 0 Å². The molecule has 1 aliphatic rings. The summed E-state index contributed by atoms with van der Waals surface area (Å²) < 4.78 is 12.6. The van der Waals surface area contributed by atoms with Crippen molar-refractivity contribution in [2.24, 2.45) is 0 Å². The van der Waals surface area contributed by atoms with Crippen molar-refractivity contribution in [2.45, 2.75) is 24.8 Å². The number of hydrogen-bond acceptors (Lipinski definition) is 2. The van der Waals surface area contributed by atoms with Crippen LogP contribution < -0.4 is 5.48 Å². The first-order chi connectivity index (χ1) is 6.29. The van der Waals surface area contributed by atoms with Crippen LogP contribution in [0.4, 0.5) is 4.39 Å². The van der Waals surface area contributed by atoms with Gasteiger partial charge < -0.3 is 5.21 Å². The minimum absolute atomic E-state index is 0.195. The van der Waals surface area contributed by atoms with Crippen molar-refractivity contribution < 1.29 is 9.60 Å². The molecule has 0 radical (unpaired) electrons. The molecule has 1 aliphatic carbocycles. The average molecular weight is 181 g/mol. The zero-order valence-electron chi connectivity index (χ0n) is 7.20. The van der Waals surface area contributed by atoms with Crippen LogP contribution in [-0.2, 0) is 0 Å². The van der Waals surface area contributed by atoms with Crippen LogP contribution in [0.25, 0.3) is 0 Å². The normalized spacial score (nSPS) is 26.9. The molecule has 2 N–H and O–H groups in total. The number of benzene rings is 1. The molecule has 13 heavy (non-hydrogen) atoms. The lowest BCUT2D eigenvalue weighted by Gasteiger charge is -2.34. The third-order valence-corrected chi connectivity index (χ3v) is 2.66. The summed E-state index contributed by atoms with van der Waals surface area (Å²) in [5.41, 5.74) is 3.40. The van der Waals surface area contributed by atoms with Crippen LogP contribution in [0, 0.1) is 5.82 Å². The second-order valence-electron chi connectivity index (χ2n) is 3.55. The minimum Gasteiger partial charge on any atom is -0.317 e. The van der Waals surface area contributed by atoms with Crippen LogP contribution in [0.2, 0.25) is 0 Å². The van der Waals surface area contributed by atoms with Gasteiger partial charge in [0, 0.05) is 6.04 Å². The van der Waals surface area contributed by atoms with E-state index in [4.69, 9.17) is 5.21 Å². The molecular formula is C10H12FNO. The van der Waals surface area contributed by atoms with Gasteiger partial charge in [-0.05, 0) is 36.5 Å². The highest BCUT2D eigenvalue weighted by Gasteiger charge is 2.29. The monoisotopic (exact) mass is 181 g/mol. The molecule has 0 aromatic heterocycles. The molecule has 1 saturated carbocycles. The Morgan fingerprint density at radius 1 is 1.23 bits per heavy atom. The SMILES string of the molecule is ON[C@H]1C[C@@H](c2ccc(F)cc2)C1. The molecule has 2 rings (SSSR count). The number of hydrogen-bond donors (Lipinski definition) is 2. The summed E-state index contributed by atoms with van der Waals surface area (Å²) >= 11 is 0. The van der Waals surface area contributed by atoms with Crippen LogP contribution in [0.5, 0.6) is 0 Å². The molecule has 0 amide bonds. The lowest BCUT2D eigenvalue weighted by molar-refractivity contribution is 0.0782. The van der Waals surface area contributed by atoms with E-state index in [2.05, 4.69) is 5.48 Å². The Morgan fingerprint density at radius 2 is 1.85 bits per heavy atom. The van der Waals surface area contributed by atoms with Crippen LogP contribution in [0.15, 0.2) is 24.3 Å². The number of halogens is 1. The van der Waals surface area contributed by atoms with Crippen molar-refractivity contribution >= 4 is 0 Å². The fourth-order valence-corrected chi connectivity index (χ4v) is 1.73. The number of hydroxylamine groups is 1. The molecule has 1 aromatic carbocycles. The molecule has 0 bridgehead atoms. The van der Waals surface area contributed by atoms with E-state index < -0.39 is 0 Å². The maximum absolute atomic E-state index is 12.6. The van der Waals surface area contributed by atoms with Crippen molar-refractivity contribution in [3.63, 3.8) is 0 Å². The van der Waals surface area contributed by atoms with Crippen LogP contribution in [0.1, 0.15) is 24.3 Å². The quantitative estimate of drug-likeness (QED) is 0.684. The molecule has 0 unspecified atom stereocenters. The molecule has 70 valence electrons. The van der Waals surface area contributed by atoms with Gasteiger partial charge in [-0.1, -0.05) is 12.1 Å². The Labute approximate surface area is 76.3 Å². The van der Waals surface area contributed by atoms with Crippen molar-refractivity contribution in [3.05, 3.63) is 35.6 Å². The molecule has 2 nitrogen and oxygen atoms in total. The van der Waals surface area contributed by atoms with Gasteiger partial charge >= 0.3 is 0 Å². The van der Waals surface area contributed by atoms with Crippen LogP contribution in [0.3, 0.4) is 0 Å². The fourth-order valence-electron chi connectivity index (χ4n) is 1.73. The highest BCUT2D eigenvalue weighted by molar-refractivity contribution is 5.23. The predicted molar refractivity (Wildman–Crippen MR) is 47.1 cm³/mol. The van der Waals surface area contributed by atoms with Gasteiger partial charge in [0.25, 0.3) is 0 Å². The largest absolute Gasteiger partial charge is 0.317 e. The molecular weight excluding hydrogens is 169 g/mol. The first-order valence-corrected chi connectivity index (χ1v) is 4.44. The summed E-state index contributed by atoms with van der Waals surface area (Å²) in [6.45, 7) is 0. The number of rotatable bonds is 2. The maximum atomic E-state index is 12.6. The molecule has 0 saturated heterocycles. The topological polar surface area (TPSA) is 32.3 Å². The lowest BCUT2D eigenvalue weighted by Crippen LogP contribution is -2.38. The second kappa shape index (κ2) is 3.44. The fraction of sp³-hybridized carbons (Fsp3) is 0.400. The van der Waals surface area contributed by atoms with Gasteiger partial charge in [-0.2, -0.15) is 0 Å². The Bertz CT molecular complexity index is 279. The van der Waals surface area contributed by atoms with Gasteiger partial charge in [0.15, 0.2) is 0 Å². The van der Waals surface area contributed by atoms with Gasteiger partial charge in [-0.3, -0.25) is 0 Å². The van der Waals surface area contributed by atoms with Crippen molar-refractivity contribution in [1.29, 1.82) is 0 Å². The molecule has 1 aromatic rings. The Kier molecular flexibility index (Phi) is 2.29.